The molecule has 0 saturated carbocycles. The lowest BCUT2D eigenvalue weighted by Crippen LogP contribution is -2.01. The lowest BCUT2D eigenvalue weighted by molar-refractivity contribution is 0.0696. The molecule has 6 heteroatoms. The van der Waals surface area contributed by atoms with E-state index < -0.39 is 5.97 Å². The van der Waals surface area contributed by atoms with E-state index >= 15 is 0 Å². The summed E-state index contributed by atoms with van der Waals surface area (Å²) in [5.41, 5.74) is 1.57. The van der Waals surface area contributed by atoms with Crippen LogP contribution in [0.15, 0.2) is 24.4 Å². The van der Waals surface area contributed by atoms with Gasteiger partial charge in [0.2, 0.25) is 5.88 Å². The second-order valence-corrected chi connectivity index (χ2v) is 5.07. The van der Waals surface area contributed by atoms with Gasteiger partial charge in [-0.05, 0) is 43.2 Å². The zero-order chi connectivity index (χ0) is 14.9. The van der Waals surface area contributed by atoms with Gasteiger partial charge in [0.05, 0.1) is 5.56 Å². The average Bonchev–Trinajstić information content (AvgIpc) is 2.35. The second kappa shape index (κ2) is 5.69. The molecule has 4 nitrogen and oxygen atoms in total. The van der Waals surface area contributed by atoms with Crippen LogP contribution in [0, 0.1) is 13.8 Å². The Kier molecular flexibility index (Phi) is 4.16. The number of carbonyl (C=O) groups is 1. The Hall–Kier alpha value is -1.78. The van der Waals surface area contributed by atoms with Crippen molar-refractivity contribution in [2.75, 3.05) is 0 Å². The lowest BCUT2D eigenvalue weighted by Gasteiger charge is -2.13. The minimum Gasteiger partial charge on any atom is -0.478 e. The maximum atomic E-state index is 11.0. The first-order valence-electron chi connectivity index (χ1n) is 5.72. The van der Waals surface area contributed by atoms with E-state index in [1.54, 1.807) is 12.1 Å². The van der Waals surface area contributed by atoms with Crippen molar-refractivity contribution in [1.29, 1.82) is 0 Å². The summed E-state index contributed by atoms with van der Waals surface area (Å²) in [6.07, 6.45) is 1.34. The Bertz CT molecular complexity index is 663. The second-order valence-electron chi connectivity index (χ2n) is 4.25. The summed E-state index contributed by atoms with van der Waals surface area (Å²) in [4.78, 5) is 15.0. The fraction of sp³-hybridized carbons (Fsp3) is 0.143. The van der Waals surface area contributed by atoms with E-state index in [1.807, 2.05) is 13.8 Å². The molecule has 0 fully saturated rings. The Morgan fingerprint density at radius 3 is 2.40 bits per heavy atom. The van der Waals surface area contributed by atoms with Crippen LogP contribution in [0.4, 0.5) is 0 Å². The number of carboxylic acid groups (broad SMARTS) is 1. The van der Waals surface area contributed by atoms with E-state index in [0.717, 1.165) is 11.1 Å². The number of aryl methyl sites for hydroxylation is 2. The number of halogens is 2. The van der Waals surface area contributed by atoms with Crippen LogP contribution in [0.2, 0.25) is 10.0 Å². The molecule has 20 heavy (non-hydrogen) atoms. The highest BCUT2D eigenvalue weighted by Crippen LogP contribution is 2.34. The Morgan fingerprint density at radius 2 is 1.85 bits per heavy atom. The molecule has 2 rings (SSSR count). The van der Waals surface area contributed by atoms with Crippen LogP contribution in [-0.4, -0.2) is 16.1 Å². The number of pyridine rings is 1. The fourth-order valence-corrected chi connectivity index (χ4v) is 2.37. The van der Waals surface area contributed by atoms with Crippen molar-refractivity contribution in [2.45, 2.75) is 13.8 Å². The summed E-state index contributed by atoms with van der Waals surface area (Å²) in [6, 6.07) is 4.82. The van der Waals surface area contributed by atoms with Crippen molar-refractivity contribution in [3.63, 3.8) is 0 Å². The number of carboxylic acids is 1. The Morgan fingerprint density at radius 1 is 1.25 bits per heavy atom. The Labute approximate surface area is 125 Å². The molecule has 0 saturated heterocycles. The van der Waals surface area contributed by atoms with Crippen LogP contribution in [-0.2, 0) is 0 Å². The van der Waals surface area contributed by atoms with Crippen molar-refractivity contribution in [1.82, 2.24) is 4.98 Å². The zero-order valence-corrected chi connectivity index (χ0v) is 12.3. The highest BCUT2D eigenvalue weighted by Gasteiger charge is 2.16. The first kappa shape index (κ1) is 14.6. The number of aromatic nitrogens is 1. The van der Waals surface area contributed by atoms with E-state index in [-0.39, 0.29) is 16.5 Å². The van der Waals surface area contributed by atoms with Crippen LogP contribution >= 0.6 is 23.2 Å². The normalized spacial score (nSPS) is 10.4. The standard InChI is InChI=1S/C14H11Cl2NO3/c1-7-5-9(15)6-8(2)12(7)20-13-11(16)10(14(18)19)3-4-17-13/h3-6H,1-2H3,(H,18,19). The molecule has 0 aliphatic heterocycles. The molecule has 0 bridgehead atoms. The van der Waals surface area contributed by atoms with Gasteiger partial charge in [0.25, 0.3) is 0 Å². The summed E-state index contributed by atoms with van der Waals surface area (Å²) in [5.74, 6) is -0.516. The highest BCUT2D eigenvalue weighted by molar-refractivity contribution is 6.34. The van der Waals surface area contributed by atoms with Gasteiger partial charge < -0.3 is 9.84 Å². The molecule has 0 radical (unpaired) electrons. The van der Waals surface area contributed by atoms with Gasteiger partial charge in [0.15, 0.2) is 0 Å². The summed E-state index contributed by atoms with van der Waals surface area (Å²) < 4.78 is 5.65. The molecule has 1 aromatic heterocycles. The molecule has 0 aliphatic rings. The van der Waals surface area contributed by atoms with Crippen LogP contribution in [0.5, 0.6) is 11.6 Å². The third kappa shape index (κ3) is 2.86. The zero-order valence-electron chi connectivity index (χ0n) is 10.8. The number of hydrogen-bond donors (Lipinski definition) is 1. The van der Waals surface area contributed by atoms with Gasteiger partial charge in [0.1, 0.15) is 10.8 Å². The van der Waals surface area contributed by atoms with Gasteiger partial charge in [-0.25, -0.2) is 9.78 Å². The number of benzene rings is 1. The minimum absolute atomic E-state index is 0.0336. The number of aromatic carboxylic acids is 1. The largest absolute Gasteiger partial charge is 0.478 e. The number of hydrogen-bond acceptors (Lipinski definition) is 3. The van der Waals surface area contributed by atoms with Crippen LogP contribution in [0.25, 0.3) is 0 Å². The van der Waals surface area contributed by atoms with Crippen molar-refractivity contribution in [3.8, 4) is 11.6 Å². The molecule has 0 amide bonds. The molecular formula is C14H11Cl2NO3. The van der Waals surface area contributed by atoms with Crippen molar-refractivity contribution in [3.05, 3.63) is 51.1 Å². The van der Waals surface area contributed by atoms with E-state index in [4.69, 9.17) is 33.0 Å². The van der Waals surface area contributed by atoms with Crippen molar-refractivity contribution in [2.24, 2.45) is 0 Å². The molecule has 0 atom stereocenters. The van der Waals surface area contributed by atoms with E-state index in [0.29, 0.717) is 10.8 Å². The van der Waals surface area contributed by atoms with E-state index in [9.17, 15) is 4.79 Å². The number of nitrogens with zero attached hydrogens (tertiary/aromatic N) is 1. The predicted octanol–water partition coefficient (Wildman–Crippen LogP) is 4.50. The van der Waals surface area contributed by atoms with Gasteiger partial charge in [-0.1, -0.05) is 23.2 Å². The number of rotatable bonds is 3. The molecule has 1 heterocycles. The summed E-state index contributed by atoms with van der Waals surface area (Å²) >= 11 is 11.9. The number of ether oxygens (including phenoxy) is 1. The Balaban J connectivity index is 2.46. The molecule has 0 unspecified atom stereocenters. The van der Waals surface area contributed by atoms with E-state index in [2.05, 4.69) is 4.98 Å². The first-order valence-corrected chi connectivity index (χ1v) is 6.48. The molecule has 2 aromatic rings. The van der Waals surface area contributed by atoms with Crippen molar-refractivity contribution < 1.29 is 14.6 Å². The topological polar surface area (TPSA) is 59.4 Å². The van der Waals surface area contributed by atoms with Gasteiger partial charge in [-0.15, -0.1) is 0 Å². The maximum absolute atomic E-state index is 11.0. The van der Waals surface area contributed by atoms with Crippen molar-refractivity contribution >= 4 is 29.2 Å². The first-order chi connectivity index (χ1) is 9.40. The summed E-state index contributed by atoms with van der Waals surface area (Å²) in [6.45, 7) is 3.67. The third-order valence-electron chi connectivity index (χ3n) is 2.71. The fourth-order valence-electron chi connectivity index (χ4n) is 1.82. The average molecular weight is 312 g/mol. The smallest absolute Gasteiger partial charge is 0.337 e. The monoisotopic (exact) mass is 311 g/mol. The minimum atomic E-state index is -1.13. The van der Waals surface area contributed by atoms with Gasteiger partial charge in [-0.2, -0.15) is 0 Å². The van der Waals surface area contributed by atoms with Gasteiger partial charge in [0, 0.05) is 11.2 Å². The molecule has 0 spiro atoms. The van der Waals surface area contributed by atoms with Gasteiger partial charge in [-0.3, -0.25) is 0 Å². The van der Waals surface area contributed by atoms with Gasteiger partial charge >= 0.3 is 5.97 Å². The summed E-state index contributed by atoms with van der Waals surface area (Å²) in [7, 11) is 0. The molecule has 104 valence electrons. The molecular weight excluding hydrogens is 301 g/mol. The van der Waals surface area contributed by atoms with Crippen LogP contribution < -0.4 is 4.74 Å². The highest BCUT2D eigenvalue weighted by atomic mass is 35.5. The lowest BCUT2D eigenvalue weighted by atomic mass is 10.1. The molecule has 1 aromatic carbocycles. The van der Waals surface area contributed by atoms with E-state index in [1.165, 1.54) is 12.3 Å². The summed E-state index contributed by atoms with van der Waals surface area (Å²) in [5, 5.41) is 9.59. The van der Waals surface area contributed by atoms with Crippen LogP contribution in [0.1, 0.15) is 21.5 Å². The third-order valence-corrected chi connectivity index (χ3v) is 3.29. The maximum Gasteiger partial charge on any atom is 0.337 e. The molecule has 1 N–H and O–H groups in total. The predicted molar refractivity (Wildman–Crippen MR) is 77.2 cm³/mol. The molecule has 0 aliphatic carbocycles. The quantitative estimate of drug-likeness (QED) is 0.906. The SMILES string of the molecule is Cc1cc(Cl)cc(C)c1Oc1nccc(C(=O)O)c1Cl. The van der Waals surface area contributed by atoms with Crippen LogP contribution in [0.3, 0.4) is 0 Å².